The van der Waals surface area contributed by atoms with Crippen molar-refractivity contribution in [3.8, 4) is 5.75 Å². The van der Waals surface area contributed by atoms with Gasteiger partial charge in [0.25, 0.3) is 5.91 Å². The van der Waals surface area contributed by atoms with Gasteiger partial charge in [-0.05, 0) is 30.7 Å². The molecule has 0 bridgehead atoms. The standard InChI is InChI=1S/C22H19Cl3N2O2/c1-15-20(25)10-18(23)11-21(15)29-8-7-27(14-16-5-3-2-4-6-16)22(28)17-9-19(24)13-26-12-17/h2-6,9-13H,7-8,14H2,1H3. The van der Waals surface area contributed by atoms with E-state index >= 15 is 0 Å². The van der Waals surface area contributed by atoms with E-state index in [1.165, 1.54) is 12.4 Å². The molecule has 0 unspecified atom stereocenters. The second-order valence-corrected chi connectivity index (χ2v) is 7.74. The fourth-order valence-electron chi connectivity index (χ4n) is 2.81. The van der Waals surface area contributed by atoms with E-state index in [0.717, 1.165) is 11.1 Å². The summed E-state index contributed by atoms with van der Waals surface area (Å²) in [7, 11) is 0. The Morgan fingerprint density at radius 2 is 1.79 bits per heavy atom. The van der Waals surface area contributed by atoms with Crippen LogP contribution in [0.4, 0.5) is 0 Å². The van der Waals surface area contributed by atoms with E-state index in [-0.39, 0.29) is 12.5 Å². The average molecular weight is 450 g/mol. The van der Waals surface area contributed by atoms with E-state index in [1.807, 2.05) is 37.3 Å². The first-order valence-corrected chi connectivity index (χ1v) is 10.1. The van der Waals surface area contributed by atoms with E-state index in [1.54, 1.807) is 23.1 Å². The lowest BCUT2D eigenvalue weighted by Gasteiger charge is -2.23. The summed E-state index contributed by atoms with van der Waals surface area (Å²) < 4.78 is 5.87. The van der Waals surface area contributed by atoms with E-state index in [9.17, 15) is 4.79 Å². The molecule has 3 rings (SSSR count). The van der Waals surface area contributed by atoms with Crippen LogP contribution < -0.4 is 4.74 Å². The predicted molar refractivity (Wildman–Crippen MR) is 117 cm³/mol. The van der Waals surface area contributed by atoms with Gasteiger partial charge in [0.05, 0.1) is 17.1 Å². The Kier molecular flexibility index (Phi) is 7.37. The maximum Gasteiger partial charge on any atom is 0.255 e. The number of halogens is 3. The average Bonchev–Trinajstić information content (AvgIpc) is 2.71. The van der Waals surface area contributed by atoms with Crippen LogP contribution in [0, 0.1) is 6.92 Å². The zero-order valence-electron chi connectivity index (χ0n) is 15.7. The van der Waals surface area contributed by atoms with Crippen LogP contribution in [0.1, 0.15) is 21.5 Å². The lowest BCUT2D eigenvalue weighted by Crippen LogP contribution is -2.34. The van der Waals surface area contributed by atoms with Crippen LogP contribution >= 0.6 is 34.8 Å². The highest BCUT2D eigenvalue weighted by atomic mass is 35.5. The maximum atomic E-state index is 13.0. The molecule has 0 saturated heterocycles. The van der Waals surface area contributed by atoms with Gasteiger partial charge in [0.1, 0.15) is 12.4 Å². The van der Waals surface area contributed by atoms with Crippen LogP contribution in [0.3, 0.4) is 0 Å². The Morgan fingerprint density at radius 3 is 2.52 bits per heavy atom. The molecule has 0 aliphatic carbocycles. The summed E-state index contributed by atoms with van der Waals surface area (Å²) in [5.74, 6) is 0.423. The summed E-state index contributed by atoms with van der Waals surface area (Å²) in [6.45, 7) is 2.94. The second kappa shape index (κ2) is 9.97. The molecule has 0 spiro atoms. The normalized spacial score (nSPS) is 10.6. The Bertz CT molecular complexity index is 997. The van der Waals surface area contributed by atoms with Gasteiger partial charge in [0.15, 0.2) is 0 Å². The zero-order chi connectivity index (χ0) is 20.8. The third kappa shape index (κ3) is 5.86. The molecular formula is C22H19Cl3N2O2. The van der Waals surface area contributed by atoms with Crippen molar-refractivity contribution in [1.29, 1.82) is 0 Å². The van der Waals surface area contributed by atoms with Gasteiger partial charge in [-0.25, -0.2) is 0 Å². The number of rotatable bonds is 7. The molecule has 1 amide bonds. The number of ether oxygens (including phenoxy) is 1. The fourth-order valence-corrected chi connectivity index (χ4v) is 3.45. The Hall–Kier alpha value is -2.27. The van der Waals surface area contributed by atoms with Crippen LogP contribution in [0.15, 0.2) is 60.9 Å². The minimum atomic E-state index is -0.173. The molecule has 150 valence electrons. The maximum absolute atomic E-state index is 13.0. The van der Waals surface area contributed by atoms with Crippen LogP contribution in [0.2, 0.25) is 15.1 Å². The molecule has 29 heavy (non-hydrogen) atoms. The van der Waals surface area contributed by atoms with Crippen molar-refractivity contribution in [2.24, 2.45) is 0 Å². The molecule has 0 radical (unpaired) electrons. The second-order valence-electron chi connectivity index (χ2n) is 6.46. The summed E-state index contributed by atoms with van der Waals surface area (Å²) >= 11 is 18.2. The van der Waals surface area contributed by atoms with Crippen molar-refractivity contribution in [3.63, 3.8) is 0 Å². The third-order valence-electron chi connectivity index (χ3n) is 4.34. The number of hydrogen-bond acceptors (Lipinski definition) is 3. The van der Waals surface area contributed by atoms with E-state index in [0.29, 0.717) is 39.5 Å². The number of aromatic nitrogens is 1. The lowest BCUT2D eigenvalue weighted by molar-refractivity contribution is 0.0715. The number of benzene rings is 2. The molecule has 1 heterocycles. The molecule has 1 aromatic heterocycles. The molecule has 0 N–H and O–H groups in total. The molecule has 0 atom stereocenters. The fraction of sp³-hybridized carbons (Fsp3) is 0.182. The number of nitrogens with zero attached hydrogens (tertiary/aromatic N) is 2. The van der Waals surface area contributed by atoms with E-state index < -0.39 is 0 Å². The van der Waals surface area contributed by atoms with Crippen molar-refractivity contribution in [3.05, 3.63) is 92.7 Å². The predicted octanol–water partition coefficient (Wildman–Crippen LogP) is 6.07. The zero-order valence-corrected chi connectivity index (χ0v) is 18.0. The third-order valence-corrected chi connectivity index (χ3v) is 5.15. The van der Waals surface area contributed by atoms with E-state index in [4.69, 9.17) is 39.5 Å². The molecule has 0 aliphatic rings. The quantitative estimate of drug-likeness (QED) is 0.439. The van der Waals surface area contributed by atoms with Crippen molar-refractivity contribution in [1.82, 2.24) is 9.88 Å². The number of amides is 1. The van der Waals surface area contributed by atoms with Gasteiger partial charge in [-0.15, -0.1) is 0 Å². The highest BCUT2D eigenvalue weighted by Gasteiger charge is 2.17. The lowest BCUT2D eigenvalue weighted by atomic mass is 10.2. The smallest absolute Gasteiger partial charge is 0.255 e. The molecule has 2 aromatic carbocycles. The Labute approximate surface area is 185 Å². The van der Waals surface area contributed by atoms with Crippen LogP contribution in [-0.4, -0.2) is 28.9 Å². The van der Waals surface area contributed by atoms with Crippen molar-refractivity contribution in [2.75, 3.05) is 13.2 Å². The minimum Gasteiger partial charge on any atom is -0.491 e. The molecule has 7 heteroatoms. The summed E-state index contributed by atoms with van der Waals surface area (Å²) in [5.41, 5.74) is 2.24. The summed E-state index contributed by atoms with van der Waals surface area (Å²) in [6, 6.07) is 14.7. The highest BCUT2D eigenvalue weighted by molar-refractivity contribution is 6.35. The Balaban J connectivity index is 1.75. The van der Waals surface area contributed by atoms with Gasteiger partial charge in [-0.2, -0.15) is 0 Å². The SMILES string of the molecule is Cc1c(Cl)cc(Cl)cc1OCCN(Cc1ccccc1)C(=O)c1cncc(Cl)c1. The van der Waals surface area contributed by atoms with Crippen molar-refractivity contribution in [2.45, 2.75) is 13.5 Å². The highest BCUT2D eigenvalue weighted by Crippen LogP contribution is 2.30. The minimum absolute atomic E-state index is 0.173. The van der Waals surface area contributed by atoms with Crippen LogP contribution in [0.25, 0.3) is 0 Å². The number of hydrogen-bond donors (Lipinski definition) is 0. The summed E-state index contributed by atoms with van der Waals surface area (Å²) in [5, 5.41) is 1.45. The van der Waals surface area contributed by atoms with Gasteiger partial charge in [0, 0.05) is 34.5 Å². The first kappa shape index (κ1) is 21.4. The largest absolute Gasteiger partial charge is 0.491 e. The first-order chi connectivity index (χ1) is 13.9. The Morgan fingerprint density at radius 1 is 1.03 bits per heavy atom. The van der Waals surface area contributed by atoms with Crippen LogP contribution in [-0.2, 0) is 6.54 Å². The van der Waals surface area contributed by atoms with Gasteiger partial charge in [0.2, 0.25) is 0 Å². The van der Waals surface area contributed by atoms with Gasteiger partial charge >= 0.3 is 0 Å². The molecular weight excluding hydrogens is 431 g/mol. The first-order valence-electron chi connectivity index (χ1n) is 8.96. The molecule has 0 fully saturated rings. The monoisotopic (exact) mass is 448 g/mol. The topological polar surface area (TPSA) is 42.4 Å². The van der Waals surface area contributed by atoms with E-state index in [2.05, 4.69) is 4.98 Å². The summed E-state index contributed by atoms with van der Waals surface area (Å²) in [4.78, 5) is 18.8. The summed E-state index contributed by atoms with van der Waals surface area (Å²) in [6.07, 6.45) is 3.00. The number of carbonyl (C=O) groups is 1. The molecule has 0 saturated carbocycles. The van der Waals surface area contributed by atoms with Gasteiger partial charge < -0.3 is 9.64 Å². The van der Waals surface area contributed by atoms with Crippen LogP contribution in [0.5, 0.6) is 5.75 Å². The molecule has 3 aromatic rings. The number of carbonyl (C=O) groups excluding carboxylic acids is 1. The van der Waals surface area contributed by atoms with Gasteiger partial charge in [-0.1, -0.05) is 65.1 Å². The van der Waals surface area contributed by atoms with Crippen molar-refractivity contribution < 1.29 is 9.53 Å². The van der Waals surface area contributed by atoms with Gasteiger partial charge in [-0.3, -0.25) is 9.78 Å². The molecule has 0 aliphatic heterocycles. The molecule has 4 nitrogen and oxygen atoms in total. The number of pyridine rings is 1. The van der Waals surface area contributed by atoms with Crippen molar-refractivity contribution >= 4 is 40.7 Å².